The minimum atomic E-state index is -0.306. The molecule has 0 spiro atoms. The van der Waals surface area contributed by atoms with E-state index in [1.165, 1.54) is 17.0 Å². The Morgan fingerprint density at radius 1 is 1.29 bits per heavy atom. The number of anilines is 2. The van der Waals surface area contributed by atoms with Gasteiger partial charge in [0.2, 0.25) is 0 Å². The van der Waals surface area contributed by atoms with Crippen molar-refractivity contribution in [2.45, 2.75) is 12.5 Å². The van der Waals surface area contributed by atoms with Crippen molar-refractivity contribution in [3.63, 3.8) is 0 Å². The highest BCUT2D eigenvalue weighted by Gasteiger charge is 2.24. The Balaban J connectivity index is 1.39. The average Bonchev–Trinajstić information content (AvgIpc) is 3.42. The van der Waals surface area contributed by atoms with E-state index >= 15 is 0 Å². The molecule has 28 heavy (non-hydrogen) atoms. The summed E-state index contributed by atoms with van der Waals surface area (Å²) in [6.45, 7) is 2.07. The van der Waals surface area contributed by atoms with E-state index in [0.717, 1.165) is 30.1 Å². The second-order valence-corrected chi connectivity index (χ2v) is 8.75. The SMILES string of the molecule is CN(C)C1CCN(c2ccc(NC(=O)c3cc(-c4ccc(Cl)s4)on3)cc2)C1. The topological polar surface area (TPSA) is 61.6 Å². The Bertz CT molecular complexity index is 967. The fourth-order valence-electron chi connectivity index (χ4n) is 3.29. The molecule has 6 nitrogen and oxygen atoms in total. The van der Waals surface area contributed by atoms with Crippen molar-refractivity contribution in [3.8, 4) is 10.6 Å². The van der Waals surface area contributed by atoms with Crippen molar-refractivity contribution >= 4 is 40.2 Å². The Hall–Kier alpha value is -2.35. The number of aromatic nitrogens is 1. The predicted molar refractivity (Wildman–Crippen MR) is 114 cm³/mol. The molecular weight excluding hydrogens is 396 g/mol. The first-order valence-electron chi connectivity index (χ1n) is 9.05. The van der Waals surface area contributed by atoms with E-state index in [1.54, 1.807) is 12.1 Å². The van der Waals surface area contributed by atoms with Crippen molar-refractivity contribution in [1.29, 1.82) is 0 Å². The molecule has 3 aromatic rings. The molecule has 1 saturated heterocycles. The molecule has 1 N–H and O–H groups in total. The molecule has 4 rings (SSSR count). The van der Waals surface area contributed by atoms with Gasteiger partial charge in [-0.05, 0) is 56.9 Å². The summed E-state index contributed by atoms with van der Waals surface area (Å²) in [4.78, 5) is 17.9. The Morgan fingerprint density at radius 3 is 2.71 bits per heavy atom. The number of carbonyl (C=O) groups excluding carboxylic acids is 1. The number of benzene rings is 1. The second kappa shape index (κ2) is 7.95. The number of amides is 1. The standard InChI is InChI=1S/C20H21ClN4O2S/c1-24(2)15-9-10-25(12-15)14-5-3-13(4-6-14)22-20(26)16-11-17(27-23-16)18-7-8-19(21)28-18/h3-8,11,15H,9-10,12H2,1-2H3,(H,22,26). The number of thiophene rings is 1. The van der Waals surface area contributed by atoms with Crippen LogP contribution in [-0.4, -0.2) is 49.2 Å². The normalized spacial score (nSPS) is 16.7. The maximum absolute atomic E-state index is 12.5. The molecule has 2 aromatic heterocycles. The fourth-order valence-corrected chi connectivity index (χ4v) is 4.29. The third-order valence-electron chi connectivity index (χ3n) is 4.94. The van der Waals surface area contributed by atoms with Crippen molar-refractivity contribution in [2.75, 3.05) is 37.4 Å². The van der Waals surface area contributed by atoms with Crippen LogP contribution in [0.25, 0.3) is 10.6 Å². The number of hydrogen-bond acceptors (Lipinski definition) is 6. The van der Waals surface area contributed by atoms with Gasteiger partial charge in [-0.3, -0.25) is 4.79 Å². The number of hydrogen-bond donors (Lipinski definition) is 1. The lowest BCUT2D eigenvalue weighted by Gasteiger charge is -2.22. The molecule has 0 aliphatic carbocycles. The Kier molecular flexibility index (Phi) is 5.39. The molecular formula is C20H21ClN4O2S. The smallest absolute Gasteiger partial charge is 0.277 e. The number of carbonyl (C=O) groups is 1. The molecule has 1 aliphatic rings. The Labute approximate surface area is 172 Å². The van der Waals surface area contributed by atoms with Crippen LogP contribution in [0.5, 0.6) is 0 Å². The monoisotopic (exact) mass is 416 g/mol. The zero-order valence-corrected chi connectivity index (χ0v) is 17.3. The maximum atomic E-state index is 12.5. The van der Waals surface area contributed by atoms with Crippen molar-refractivity contribution in [2.24, 2.45) is 0 Å². The van der Waals surface area contributed by atoms with Crippen LogP contribution in [0.3, 0.4) is 0 Å². The van der Waals surface area contributed by atoms with Crippen LogP contribution < -0.4 is 10.2 Å². The van der Waals surface area contributed by atoms with Crippen LogP contribution in [0.15, 0.2) is 47.0 Å². The first-order chi connectivity index (χ1) is 13.5. The highest BCUT2D eigenvalue weighted by Crippen LogP contribution is 2.31. The van der Waals surface area contributed by atoms with Gasteiger partial charge in [0.05, 0.1) is 9.21 Å². The second-order valence-electron chi connectivity index (χ2n) is 7.03. The number of halogens is 1. The lowest BCUT2D eigenvalue weighted by Crippen LogP contribution is -2.31. The number of likely N-dealkylation sites (N-methyl/N-ethyl adjacent to an activating group) is 1. The summed E-state index contributed by atoms with van der Waals surface area (Å²) in [5.41, 5.74) is 2.12. The van der Waals surface area contributed by atoms with E-state index < -0.39 is 0 Å². The molecule has 0 radical (unpaired) electrons. The first-order valence-corrected chi connectivity index (χ1v) is 10.2. The number of rotatable bonds is 5. The molecule has 1 amide bonds. The summed E-state index contributed by atoms with van der Waals surface area (Å²) in [6.07, 6.45) is 1.16. The fraction of sp³-hybridized carbons (Fsp3) is 0.300. The lowest BCUT2D eigenvalue weighted by molar-refractivity contribution is 0.101. The summed E-state index contributed by atoms with van der Waals surface area (Å²) in [5, 5.41) is 6.73. The van der Waals surface area contributed by atoms with E-state index in [1.807, 2.05) is 30.3 Å². The molecule has 1 aliphatic heterocycles. The van der Waals surface area contributed by atoms with Gasteiger partial charge in [-0.2, -0.15) is 0 Å². The molecule has 1 unspecified atom stereocenters. The van der Waals surface area contributed by atoms with Gasteiger partial charge in [-0.25, -0.2) is 0 Å². The van der Waals surface area contributed by atoms with Gasteiger partial charge in [0.25, 0.3) is 5.91 Å². The van der Waals surface area contributed by atoms with Gasteiger partial charge < -0.3 is 19.6 Å². The molecule has 1 atom stereocenters. The van der Waals surface area contributed by atoms with E-state index in [2.05, 4.69) is 34.4 Å². The molecule has 1 aromatic carbocycles. The van der Waals surface area contributed by atoms with Crippen LogP contribution in [0.2, 0.25) is 4.34 Å². The van der Waals surface area contributed by atoms with E-state index in [4.69, 9.17) is 16.1 Å². The largest absolute Gasteiger partial charge is 0.370 e. The number of nitrogens with one attached hydrogen (secondary N) is 1. The predicted octanol–water partition coefficient (Wildman–Crippen LogP) is 4.45. The van der Waals surface area contributed by atoms with Crippen LogP contribution in [0, 0.1) is 0 Å². The summed E-state index contributed by atoms with van der Waals surface area (Å²) in [5.74, 6) is 0.223. The minimum Gasteiger partial charge on any atom is -0.370 e. The van der Waals surface area contributed by atoms with Gasteiger partial charge in [0, 0.05) is 36.6 Å². The average molecular weight is 417 g/mol. The highest BCUT2D eigenvalue weighted by molar-refractivity contribution is 7.19. The quantitative estimate of drug-likeness (QED) is 0.665. The van der Waals surface area contributed by atoms with E-state index in [9.17, 15) is 4.79 Å². The van der Waals surface area contributed by atoms with Crippen LogP contribution in [0.4, 0.5) is 11.4 Å². The van der Waals surface area contributed by atoms with E-state index in [-0.39, 0.29) is 11.6 Å². The van der Waals surface area contributed by atoms with Crippen molar-refractivity contribution in [1.82, 2.24) is 10.1 Å². The van der Waals surface area contributed by atoms with Crippen LogP contribution >= 0.6 is 22.9 Å². The van der Waals surface area contributed by atoms with Crippen LogP contribution in [-0.2, 0) is 0 Å². The molecule has 0 bridgehead atoms. The third kappa shape index (κ3) is 4.06. The summed E-state index contributed by atoms with van der Waals surface area (Å²) < 4.78 is 5.93. The zero-order chi connectivity index (χ0) is 19.7. The molecule has 146 valence electrons. The number of nitrogens with zero attached hydrogens (tertiary/aromatic N) is 3. The Morgan fingerprint density at radius 2 is 2.07 bits per heavy atom. The van der Waals surface area contributed by atoms with Gasteiger partial charge in [-0.1, -0.05) is 16.8 Å². The third-order valence-corrected chi connectivity index (χ3v) is 6.19. The van der Waals surface area contributed by atoms with E-state index in [0.29, 0.717) is 16.1 Å². The zero-order valence-electron chi connectivity index (χ0n) is 15.7. The van der Waals surface area contributed by atoms with Crippen molar-refractivity contribution < 1.29 is 9.32 Å². The van der Waals surface area contributed by atoms with Gasteiger partial charge in [-0.15, -0.1) is 11.3 Å². The molecule has 0 saturated carbocycles. The van der Waals surface area contributed by atoms with Crippen molar-refractivity contribution in [3.05, 3.63) is 52.5 Å². The molecule has 1 fully saturated rings. The first kappa shape index (κ1) is 19.0. The minimum absolute atomic E-state index is 0.233. The van der Waals surface area contributed by atoms with Gasteiger partial charge >= 0.3 is 0 Å². The van der Waals surface area contributed by atoms with Gasteiger partial charge in [0.15, 0.2) is 11.5 Å². The molecule has 8 heteroatoms. The van der Waals surface area contributed by atoms with Crippen LogP contribution in [0.1, 0.15) is 16.9 Å². The van der Waals surface area contributed by atoms with Gasteiger partial charge in [0.1, 0.15) is 0 Å². The highest BCUT2D eigenvalue weighted by atomic mass is 35.5. The molecule has 3 heterocycles. The maximum Gasteiger partial charge on any atom is 0.277 e. The summed E-state index contributed by atoms with van der Waals surface area (Å²) >= 11 is 7.32. The summed E-state index contributed by atoms with van der Waals surface area (Å²) in [7, 11) is 4.24. The summed E-state index contributed by atoms with van der Waals surface area (Å²) in [6, 6.07) is 13.7. The lowest BCUT2D eigenvalue weighted by atomic mass is 10.2.